The zero-order valence-corrected chi connectivity index (χ0v) is 10.0. The van der Waals surface area contributed by atoms with Crippen LogP contribution >= 0.6 is 11.6 Å². The standard InChI is InChI=1S/C13H13ClFNO/c14-10-5-6-12(11(15)8-10)16-13(17)7-9-3-1-2-4-9/h1,3,5-6,8-9H,2,4,7H2,(H,16,17)/t9-/m0/s1. The zero-order valence-electron chi connectivity index (χ0n) is 9.25. The van der Waals surface area contributed by atoms with Gasteiger partial charge in [-0.3, -0.25) is 4.79 Å². The van der Waals surface area contributed by atoms with E-state index in [2.05, 4.69) is 11.4 Å². The molecule has 0 saturated carbocycles. The number of anilines is 1. The predicted molar refractivity (Wildman–Crippen MR) is 66.5 cm³/mol. The van der Waals surface area contributed by atoms with E-state index in [1.807, 2.05) is 6.08 Å². The molecule has 0 aliphatic heterocycles. The molecule has 1 atom stereocenters. The summed E-state index contributed by atoms with van der Waals surface area (Å²) in [6.45, 7) is 0. The van der Waals surface area contributed by atoms with E-state index in [9.17, 15) is 9.18 Å². The number of benzene rings is 1. The maximum Gasteiger partial charge on any atom is 0.225 e. The van der Waals surface area contributed by atoms with Crippen molar-refractivity contribution in [2.24, 2.45) is 5.92 Å². The molecule has 0 aromatic heterocycles. The van der Waals surface area contributed by atoms with Crippen LogP contribution < -0.4 is 5.32 Å². The zero-order chi connectivity index (χ0) is 12.3. The highest BCUT2D eigenvalue weighted by Gasteiger charge is 2.15. The molecule has 4 heteroatoms. The second-order valence-corrected chi connectivity index (χ2v) is 4.58. The van der Waals surface area contributed by atoms with Gasteiger partial charge in [0.25, 0.3) is 0 Å². The Labute approximate surface area is 104 Å². The first kappa shape index (κ1) is 12.1. The third-order valence-corrected chi connectivity index (χ3v) is 3.00. The normalized spacial score (nSPS) is 18.4. The van der Waals surface area contributed by atoms with Gasteiger partial charge in [0.2, 0.25) is 5.91 Å². The minimum atomic E-state index is -0.507. The average Bonchev–Trinajstić information content (AvgIpc) is 2.75. The van der Waals surface area contributed by atoms with Crippen LogP contribution in [0, 0.1) is 11.7 Å². The number of hydrogen-bond donors (Lipinski definition) is 1. The van der Waals surface area contributed by atoms with Crippen LogP contribution in [-0.2, 0) is 4.79 Å². The summed E-state index contributed by atoms with van der Waals surface area (Å²) in [5, 5.41) is 2.88. The van der Waals surface area contributed by atoms with Crippen molar-refractivity contribution >= 4 is 23.2 Å². The van der Waals surface area contributed by atoms with Crippen LogP contribution in [0.2, 0.25) is 5.02 Å². The Bertz CT molecular complexity index is 459. The van der Waals surface area contributed by atoms with Crippen LogP contribution in [0.3, 0.4) is 0 Å². The van der Waals surface area contributed by atoms with Gasteiger partial charge < -0.3 is 5.32 Å². The summed E-state index contributed by atoms with van der Waals surface area (Å²) in [7, 11) is 0. The van der Waals surface area contributed by atoms with Gasteiger partial charge in [-0.15, -0.1) is 0 Å². The lowest BCUT2D eigenvalue weighted by atomic mass is 10.1. The number of amides is 1. The SMILES string of the molecule is O=C(C[C@H]1C=CCC1)Nc1ccc(Cl)cc1F. The van der Waals surface area contributed by atoms with Gasteiger partial charge in [-0.1, -0.05) is 23.8 Å². The molecule has 1 amide bonds. The van der Waals surface area contributed by atoms with E-state index in [1.54, 1.807) is 6.07 Å². The second-order valence-electron chi connectivity index (χ2n) is 4.14. The minimum Gasteiger partial charge on any atom is -0.324 e. The summed E-state index contributed by atoms with van der Waals surface area (Å²) < 4.78 is 13.4. The first-order valence-corrected chi connectivity index (χ1v) is 5.94. The van der Waals surface area contributed by atoms with Crippen molar-refractivity contribution in [1.29, 1.82) is 0 Å². The maximum absolute atomic E-state index is 13.4. The van der Waals surface area contributed by atoms with Gasteiger partial charge in [-0.2, -0.15) is 0 Å². The van der Waals surface area contributed by atoms with Crippen LogP contribution in [-0.4, -0.2) is 5.91 Å². The van der Waals surface area contributed by atoms with Crippen molar-refractivity contribution < 1.29 is 9.18 Å². The lowest BCUT2D eigenvalue weighted by molar-refractivity contribution is -0.116. The summed E-state index contributed by atoms with van der Waals surface area (Å²) in [6, 6.07) is 4.21. The summed E-state index contributed by atoms with van der Waals surface area (Å²) in [5.74, 6) is -0.388. The summed E-state index contributed by atoms with van der Waals surface area (Å²) in [6.07, 6.45) is 6.53. The van der Waals surface area contributed by atoms with Crippen molar-refractivity contribution in [1.82, 2.24) is 0 Å². The van der Waals surface area contributed by atoms with Gasteiger partial charge in [0.15, 0.2) is 0 Å². The van der Waals surface area contributed by atoms with Gasteiger partial charge in [0, 0.05) is 11.4 Å². The molecule has 1 N–H and O–H groups in total. The number of halogens is 2. The Balaban J connectivity index is 1.95. The highest BCUT2D eigenvalue weighted by atomic mass is 35.5. The van der Waals surface area contributed by atoms with Crippen LogP contribution in [0.5, 0.6) is 0 Å². The largest absolute Gasteiger partial charge is 0.324 e. The number of rotatable bonds is 3. The van der Waals surface area contributed by atoms with E-state index in [-0.39, 0.29) is 17.5 Å². The van der Waals surface area contributed by atoms with Crippen molar-refractivity contribution in [2.45, 2.75) is 19.3 Å². The fourth-order valence-corrected chi connectivity index (χ4v) is 2.05. The maximum atomic E-state index is 13.4. The van der Waals surface area contributed by atoms with Gasteiger partial charge in [-0.25, -0.2) is 4.39 Å². The fraction of sp³-hybridized carbons (Fsp3) is 0.308. The van der Waals surface area contributed by atoms with Crippen LogP contribution in [0.15, 0.2) is 30.4 Å². The van der Waals surface area contributed by atoms with Crippen molar-refractivity contribution in [3.8, 4) is 0 Å². The molecule has 0 spiro atoms. The molecule has 1 aliphatic rings. The first-order valence-electron chi connectivity index (χ1n) is 5.57. The average molecular weight is 254 g/mol. The van der Waals surface area contributed by atoms with E-state index in [4.69, 9.17) is 11.6 Å². The van der Waals surface area contributed by atoms with E-state index < -0.39 is 5.82 Å². The molecule has 0 unspecified atom stereocenters. The summed E-state index contributed by atoms with van der Waals surface area (Å²) in [5.41, 5.74) is 0.182. The second kappa shape index (κ2) is 5.32. The molecule has 1 aromatic carbocycles. The Morgan fingerprint density at radius 3 is 3.00 bits per heavy atom. The molecular formula is C13H13ClFNO. The highest BCUT2D eigenvalue weighted by molar-refractivity contribution is 6.30. The molecule has 17 heavy (non-hydrogen) atoms. The first-order chi connectivity index (χ1) is 8.15. The number of carbonyl (C=O) groups is 1. The molecule has 0 fully saturated rings. The Morgan fingerprint density at radius 2 is 2.35 bits per heavy atom. The summed E-state index contributed by atoms with van der Waals surface area (Å²) >= 11 is 5.63. The van der Waals surface area contributed by atoms with Gasteiger partial charge in [0.05, 0.1) is 5.69 Å². The van der Waals surface area contributed by atoms with E-state index in [0.717, 1.165) is 12.8 Å². The number of hydrogen-bond acceptors (Lipinski definition) is 1. The van der Waals surface area contributed by atoms with E-state index >= 15 is 0 Å². The minimum absolute atomic E-state index is 0.164. The fourth-order valence-electron chi connectivity index (χ4n) is 1.90. The van der Waals surface area contributed by atoms with Gasteiger partial charge in [-0.05, 0) is 37.0 Å². The molecule has 0 radical (unpaired) electrons. The molecule has 0 bridgehead atoms. The number of carbonyl (C=O) groups excluding carboxylic acids is 1. The van der Waals surface area contributed by atoms with E-state index in [1.165, 1.54) is 12.1 Å². The number of nitrogens with one attached hydrogen (secondary N) is 1. The third-order valence-electron chi connectivity index (χ3n) is 2.77. The van der Waals surface area contributed by atoms with Crippen molar-refractivity contribution in [3.63, 3.8) is 0 Å². The monoisotopic (exact) mass is 253 g/mol. The van der Waals surface area contributed by atoms with Crippen molar-refractivity contribution in [3.05, 3.63) is 41.2 Å². The summed E-state index contributed by atoms with van der Waals surface area (Å²) in [4.78, 5) is 11.7. The Hall–Kier alpha value is -1.35. The molecule has 90 valence electrons. The van der Waals surface area contributed by atoms with Crippen LogP contribution in [0.1, 0.15) is 19.3 Å². The smallest absolute Gasteiger partial charge is 0.225 e. The third kappa shape index (κ3) is 3.30. The topological polar surface area (TPSA) is 29.1 Å². The molecular weight excluding hydrogens is 241 g/mol. The molecule has 0 heterocycles. The Morgan fingerprint density at radius 1 is 1.53 bits per heavy atom. The molecule has 1 aromatic rings. The quantitative estimate of drug-likeness (QED) is 0.817. The molecule has 1 aliphatic carbocycles. The van der Waals surface area contributed by atoms with Gasteiger partial charge in [0.1, 0.15) is 5.82 Å². The van der Waals surface area contributed by atoms with Gasteiger partial charge >= 0.3 is 0 Å². The van der Waals surface area contributed by atoms with E-state index in [0.29, 0.717) is 11.4 Å². The van der Waals surface area contributed by atoms with Crippen LogP contribution in [0.25, 0.3) is 0 Å². The van der Waals surface area contributed by atoms with Crippen LogP contribution in [0.4, 0.5) is 10.1 Å². The molecule has 0 saturated heterocycles. The lowest BCUT2D eigenvalue weighted by Gasteiger charge is -2.09. The number of allylic oxidation sites excluding steroid dienone is 2. The molecule has 2 rings (SSSR count). The molecule has 2 nitrogen and oxygen atoms in total. The lowest BCUT2D eigenvalue weighted by Crippen LogP contribution is -2.15. The van der Waals surface area contributed by atoms with Crippen molar-refractivity contribution in [2.75, 3.05) is 5.32 Å². The highest BCUT2D eigenvalue weighted by Crippen LogP contribution is 2.22. The predicted octanol–water partition coefficient (Wildman–Crippen LogP) is 3.77. The Kier molecular flexibility index (Phi) is 3.79.